The van der Waals surface area contributed by atoms with E-state index in [-0.39, 0.29) is 29.2 Å². The van der Waals surface area contributed by atoms with Crippen molar-refractivity contribution < 1.29 is 28.3 Å². The van der Waals surface area contributed by atoms with E-state index in [1.165, 1.54) is 18.4 Å². The monoisotopic (exact) mass is 540 g/mol. The fourth-order valence-electron chi connectivity index (χ4n) is 3.89. The maximum atomic E-state index is 12.9. The van der Waals surface area contributed by atoms with Crippen molar-refractivity contribution in [2.45, 2.75) is 57.8 Å². The summed E-state index contributed by atoms with van der Waals surface area (Å²) in [5, 5.41) is 5.12. The van der Waals surface area contributed by atoms with Crippen molar-refractivity contribution >= 4 is 42.6 Å². The zero-order valence-corrected chi connectivity index (χ0v) is 24.1. The van der Waals surface area contributed by atoms with Gasteiger partial charge in [0.05, 0.1) is 13.7 Å². The summed E-state index contributed by atoms with van der Waals surface area (Å²) in [5.74, 6) is -0.724. The van der Waals surface area contributed by atoms with E-state index in [0.717, 1.165) is 18.0 Å². The molecule has 2 aliphatic heterocycles. The number of piperazine rings is 1. The zero-order chi connectivity index (χ0) is 26.5. The first-order valence-electron chi connectivity index (χ1n) is 12.5. The Bertz CT molecular complexity index is 920. The topological polar surface area (TPSA) is 110 Å². The Balaban J connectivity index is 1.55. The average Bonchev–Trinajstić information content (AvgIpc) is 3.36. The van der Waals surface area contributed by atoms with Crippen LogP contribution in [0.3, 0.4) is 0 Å². The quantitative estimate of drug-likeness (QED) is 0.396. The number of carbonyl (C=O) groups excluding carboxylic acids is 3. The van der Waals surface area contributed by atoms with Gasteiger partial charge in [0.25, 0.3) is 5.91 Å². The highest BCUT2D eigenvalue weighted by atomic mass is 32.1. The van der Waals surface area contributed by atoms with Gasteiger partial charge in [-0.15, -0.1) is 11.3 Å². The summed E-state index contributed by atoms with van der Waals surface area (Å²) in [7, 11) is -0.821. The third-order valence-corrected chi connectivity index (χ3v) is 12.8. The number of methoxy groups -OCH3 is 1. The van der Waals surface area contributed by atoms with E-state index in [0.29, 0.717) is 39.4 Å². The molecule has 0 aliphatic carbocycles. The Morgan fingerprint density at radius 2 is 1.83 bits per heavy atom. The van der Waals surface area contributed by atoms with Crippen LogP contribution in [0.5, 0.6) is 0 Å². The number of aromatic nitrogens is 1. The van der Waals surface area contributed by atoms with Crippen LogP contribution in [-0.2, 0) is 23.5 Å². The normalized spacial score (nSPS) is 18.6. The van der Waals surface area contributed by atoms with Gasteiger partial charge in [-0.2, -0.15) is 0 Å². The van der Waals surface area contributed by atoms with E-state index in [4.69, 9.17) is 13.9 Å². The number of carbonyl (C=O) groups is 3. The van der Waals surface area contributed by atoms with E-state index >= 15 is 0 Å². The Morgan fingerprint density at radius 1 is 1.19 bits per heavy atom. The van der Waals surface area contributed by atoms with Crippen LogP contribution in [0, 0.1) is 5.92 Å². The number of hydrogen-bond donors (Lipinski definition) is 1. The molecule has 10 nitrogen and oxygen atoms in total. The summed E-state index contributed by atoms with van der Waals surface area (Å²) >= 11 is 1.38. The van der Waals surface area contributed by atoms with Gasteiger partial charge >= 0.3 is 5.97 Å². The molecule has 2 aliphatic rings. The van der Waals surface area contributed by atoms with Gasteiger partial charge in [0.2, 0.25) is 5.91 Å². The summed E-state index contributed by atoms with van der Waals surface area (Å²) in [5.41, 5.74) is 0.247. The largest absolute Gasteiger partial charge is 0.467 e. The minimum atomic E-state index is -2.11. The molecule has 1 aromatic rings. The fraction of sp³-hybridized carbons (Fsp3) is 0.750. The number of hydrogen-bond acceptors (Lipinski definition) is 9. The molecule has 0 bridgehead atoms. The molecule has 1 N–H and O–H groups in total. The SMILES string of the molecule is COC(=O)[C@H](CO[Si](C)(C)C(C)(C)C)NC(=O)c1csc(N2CCN(C(=O)C3CCOCC3)CC2)n1. The molecule has 1 atom stereocenters. The van der Waals surface area contributed by atoms with Gasteiger partial charge in [0.15, 0.2) is 13.4 Å². The van der Waals surface area contributed by atoms with Crippen LogP contribution < -0.4 is 10.2 Å². The van der Waals surface area contributed by atoms with Crippen molar-refractivity contribution in [3.63, 3.8) is 0 Å². The fourth-order valence-corrected chi connectivity index (χ4v) is 5.76. The lowest BCUT2D eigenvalue weighted by Gasteiger charge is -2.37. The molecule has 0 saturated carbocycles. The Hall–Kier alpha value is -2.02. The van der Waals surface area contributed by atoms with Crippen LogP contribution in [0.25, 0.3) is 0 Å². The Morgan fingerprint density at radius 3 is 2.42 bits per heavy atom. The minimum Gasteiger partial charge on any atom is -0.467 e. The lowest BCUT2D eigenvalue weighted by Crippen LogP contribution is -2.51. The molecule has 1 aromatic heterocycles. The number of thiazole rings is 1. The standard InChI is InChI=1S/C24H40N4O6SSi/c1-24(2,3)36(5,6)34-15-18(22(31)32-4)25-20(29)19-16-35-23(26-19)28-11-9-27(10-12-28)21(30)17-7-13-33-14-8-17/h16-18H,7-15H2,1-6H3,(H,25,29)/t18-/m0/s1. The number of amides is 2. The van der Waals surface area contributed by atoms with E-state index in [2.05, 4.69) is 49.1 Å². The summed E-state index contributed by atoms with van der Waals surface area (Å²) in [6.45, 7) is 14.5. The first-order valence-corrected chi connectivity index (χ1v) is 16.3. The minimum absolute atomic E-state index is 0.0268. The first kappa shape index (κ1) is 28.5. The molecule has 2 saturated heterocycles. The highest BCUT2D eigenvalue weighted by Gasteiger charge is 2.39. The van der Waals surface area contributed by atoms with Gasteiger partial charge in [0.1, 0.15) is 11.7 Å². The summed E-state index contributed by atoms with van der Waals surface area (Å²) in [6, 6.07) is -0.915. The van der Waals surface area contributed by atoms with Crippen molar-refractivity contribution in [1.29, 1.82) is 0 Å². The second kappa shape index (κ2) is 12.0. The summed E-state index contributed by atoms with van der Waals surface area (Å²) in [6.07, 6.45) is 1.58. The third kappa shape index (κ3) is 7.05. The van der Waals surface area contributed by atoms with Crippen molar-refractivity contribution in [1.82, 2.24) is 15.2 Å². The maximum Gasteiger partial charge on any atom is 0.330 e. The Labute approximate surface area is 218 Å². The van der Waals surface area contributed by atoms with E-state index in [9.17, 15) is 14.4 Å². The van der Waals surface area contributed by atoms with Crippen molar-refractivity contribution in [3.05, 3.63) is 11.1 Å². The number of anilines is 1. The summed E-state index contributed by atoms with van der Waals surface area (Å²) in [4.78, 5) is 46.5. The molecule has 202 valence electrons. The molecular weight excluding hydrogens is 500 g/mol. The van der Waals surface area contributed by atoms with E-state index < -0.39 is 26.2 Å². The van der Waals surface area contributed by atoms with Crippen LogP contribution in [-0.4, -0.2) is 95.1 Å². The van der Waals surface area contributed by atoms with Crippen molar-refractivity contribution in [2.24, 2.45) is 5.92 Å². The predicted octanol–water partition coefficient (Wildman–Crippen LogP) is 2.51. The molecule has 0 unspecified atom stereocenters. The molecule has 36 heavy (non-hydrogen) atoms. The number of esters is 1. The average molecular weight is 541 g/mol. The lowest BCUT2D eigenvalue weighted by molar-refractivity contribution is -0.143. The second-order valence-corrected chi connectivity index (χ2v) is 16.5. The molecular formula is C24H40N4O6SSi. The first-order chi connectivity index (χ1) is 16.9. The molecule has 12 heteroatoms. The molecule has 2 amide bonds. The van der Waals surface area contributed by atoms with Gasteiger partial charge in [-0.1, -0.05) is 20.8 Å². The van der Waals surface area contributed by atoms with Crippen LogP contribution >= 0.6 is 11.3 Å². The maximum absolute atomic E-state index is 12.9. The third-order valence-electron chi connectivity index (χ3n) is 7.37. The van der Waals surface area contributed by atoms with Gasteiger partial charge in [-0.3, -0.25) is 9.59 Å². The van der Waals surface area contributed by atoms with Gasteiger partial charge in [-0.05, 0) is 31.0 Å². The molecule has 3 rings (SSSR count). The van der Waals surface area contributed by atoms with Crippen LogP contribution in [0.1, 0.15) is 44.1 Å². The van der Waals surface area contributed by atoms with Gasteiger partial charge in [0, 0.05) is 50.7 Å². The van der Waals surface area contributed by atoms with Crippen LogP contribution in [0.15, 0.2) is 5.38 Å². The predicted molar refractivity (Wildman–Crippen MR) is 141 cm³/mol. The zero-order valence-electron chi connectivity index (χ0n) is 22.3. The lowest BCUT2D eigenvalue weighted by atomic mass is 9.98. The number of rotatable bonds is 8. The second-order valence-electron chi connectivity index (χ2n) is 10.8. The van der Waals surface area contributed by atoms with Gasteiger partial charge in [-0.25, -0.2) is 9.78 Å². The van der Waals surface area contributed by atoms with E-state index in [1.54, 1.807) is 5.38 Å². The van der Waals surface area contributed by atoms with Crippen molar-refractivity contribution in [3.8, 4) is 0 Å². The van der Waals surface area contributed by atoms with Crippen molar-refractivity contribution in [2.75, 3.05) is 58.0 Å². The number of ether oxygens (including phenoxy) is 2. The molecule has 3 heterocycles. The van der Waals surface area contributed by atoms with E-state index in [1.807, 2.05) is 4.90 Å². The highest BCUT2D eigenvalue weighted by Crippen LogP contribution is 2.36. The molecule has 0 spiro atoms. The number of nitrogens with zero attached hydrogens (tertiary/aromatic N) is 3. The molecule has 0 aromatic carbocycles. The smallest absolute Gasteiger partial charge is 0.330 e. The molecule has 0 radical (unpaired) electrons. The van der Waals surface area contributed by atoms with Crippen LogP contribution in [0.2, 0.25) is 18.1 Å². The highest BCUT2D eigenvalue weighted by molar-refractivity contribution is 7.13. The van der Waals surface area contributed by atoms with Crippen LogP contribution in [0.4, 0.5) is 5.13 Å². The van der Waals surface area contributed by atoms with Gasteiger partial charge < -0.3 is 29.0 Å². The Kier molecular flexibility index (Phi) is 9.53. The number of nitrogens with one attached hydrogen (secondary N) is 1. The summed E-state index contributed by atoms with van der Waals surface area (Å²) < 4.78 is 16.4. The molecule has 2 fully saturated rings.